The van der Waals surface area contributed by atoms with Crippen molar-refractivity contribution < 1.29 is 23.4 Å². The zero-order chi connectivity index (χ0) is 25.8. The number of morpholine rings is 1. The Hall–Kier alpha value is -3.21. The van der Waals surface area contributed by atoms with Crippen molar-refractivity contribution in [1.82, 2.24) is 19.8 Å². The van der Waals surface area contributed by atoms with Crippen LogP contribution in [0, 0.1) is 5.82 Å². The van der Waals surface area contributed by atoms with Crippen molar-refractivity contribution >= 4 is 40.0 Å². The lowest BCUT2D eigenvalue weighted by Gasteiger charge is -2.39. The third-order valence-corrected chi connectivity index (χ3v) is 7.11. The monoisotopic (exact) mass is 529 g/mol. The van der Waals surface area contributed by atoms with E-state index in [1.54, 1.807) is 13.2 Å². The molecule has 0 saturated carbocycles. The summed E-state index contributed by atoms with van der Waals surface area (Å²) in [7, 11) is 1.59. The third kappa shape index (κ3) is 6.03. The fourth-order valence-corrected chi connectivity index (χ4v) is 5.00. The molecule has 2 fully saturated rings. The number of likely N-dealkylation sites (tertiary alicyclic amines) is 1. The van der Waals surface area contributed by atoms with Crippen molar-refractivity contribution in [2.24, 2.45) is 0 Å². The quantitative estimate of drug-likeness (QED) is 0.437. The van der Waals surface area contributed by atoms with E-state index in [9.17, 15) is 9.18 Å². The minimum absolute atomic E-state index is 0.0246. The molecule has 11 heteroatoms. The van der Waals surface area contributed by atoms with Crippen LogP contribution in [0.15, 0.2) is 36.7 Å². The van der Waals surface area contributed by atoms with Crippen LogP contribution in [0.25, 0.3) is 10.9 Å². The van der Waals surface area contributed by atoms with Gasteiger partial charge >= 0.3 is 5.97 Å². The summed E-state index contributed by atoms with van der Waals surface area (Å²) in [6, 6.07) is 8.48. The number of nitrogens with one attached hydrogen (secondary N) is 1. The van der Waals surface area contributed by atoms with Gasteiger partial charge in [-0.1, -0.05) is 11.6 Å². The van der Waals surface area contributed by atoms with Crippen LogP contribution in [0.5, 0.6) is 11.5 Å². The maximum atomic E-state index is 13.6. The topological polar surface area (TPSA) is 89.1 Å². The molecule has 0 spiro atoms. The average Bonchev–Trinajstić information content (AvgIpc) is 2.91. The van der Waals surface area contributed by atoms with Crippen LogP contribution in [0.4, 0.5) is 15.9 Å². The number of carbonyl (C=O) groups is 1. The summed E-state index contributed by atoms with van der Waals surface area (Å²) in [6.45, 7) is 4.88. The maximum Gasteiger partial charge on any atom is 0.320 e. The van der Waals surface area contributed by atoms with Crippen molar-refractivity contribution in [1.29, 1.82) is 0 Å². The van der Waals surface area contributed by atoms with Gasteiger partial charge in [0, 0.05) is 36.3 Å². The highest BCUT2D eigenvalue weighted by Crippen LogP contribution is 2.35. The van der Waals surface area contributed by atoms with Crippen LogP contribution in [0.2, 0.25) is 5.02 Å². The highest BCUT2D eigenvalue weighted by Gasteiger charge is 2.28. The van der Waals surface area contributed by atoms with Crippen LogP contribution in [-0.2, 0) is 9.53 Å². The first-order valence-corrected chi connectivity index (χ1v) is 12.7. The van der Waals surface area contributed by atoms with Gasteiger partial charge in [0.2, 0.25) is 0 Å². The number of benzene rings is 2. The first-order chi connectivity index (χ1) is 18.0. The SMILES string of the molecule is COc1cc2ncnc(Nc3ccc(F)c(Cl)c3)c2cc1OCCN1CCC(N2CCOC(=O)C2)CC1. The van der Waals surface area contributed by atoms with Crippen LogP contribution >= 0.6 is 11.6 Å². The molecule has 5 rings (SSSR count). The fraction of sp³-hybridized carbons (Fsp3) is 0.423. The van der Waals surface area contributed by atoms with E-state index in [4.69, 9.17) is 25.8 Å². The van der Waals surface area contributed by atoms with Crippen LogP contribution in [0.3, 0.4) is 0 Å². The summed E-state index contributed by atoms with van der Waals surface area (Å²) in [5, 5.41) is 3.94. The zero-order valence-corrected chi connectivity index (χ0v) is 21.3. The minimum atomic E-state index is -0.486. The van der Waals surface area contributed by atoms with Gasteiger partial charge in [0.05, 0.1) is 24.2 Å². The van der Waals surface area contributed by atoms with Gasteiger partial charge in [-0.2, -0.15) is 0 Å². The molecule has 1 aromatic heterocycles. The van der Waals surface area contributed by atoms with E-state index in [0.29, 0.717) is 54.3 Å². The Morgan fingerprint density at radius 1 is 1.16 bits per heavy atom. The van der Waals surface area contributed by atoms with E-state index in [2.05, 4.69) is 25.1 Å². The zero-order valence-electron chi connectivity index (χ0n) is 20.6. The number of piperidine rings is 1. The van der Waals surface area contributed by atoms with Gasteiger partial charge in [0.25, 0.3) is 0 Å². The van der Waals surface area contributed by atoms with Gasteiger partial charge in [-0.3, -0.25) is 14.6 Å². The molecule has 9 nitrogen and oxygen atoms in total. The van der Waals surface area contributed by atoms with Gasteiger partial charge in [-0.25, -0.2) is 14.4 Å². The Kier molecular flexibility index (Phi) is 7.87. The average molecular weight is 530 g/mol. The van der Waals surface area contributed by atoms with Crippen molar-refractivity contribution in [3.05, 3.63) is 47.5 Å². The van der Waals surface area contributed by atoms with Crippen molar-refractivity contribution in [3.8, 4) is 11.5 Å². The third-order valence-electron chi connectivity index (χ3n) is 6.82. The molecule has 0 atom stereocenters. The second-order valence-electron chi connectivity index (χ2n) is 9.11. The number of esters is 1. The normalized spacial score (nSPS) is 17.5. The second kappa shape index (κ2) is 11.5. The summed E-state index contributed by atoms with van der Waals surface area (Å²) >= 11 is 5.93. The van der Waals surface area contributed by atoms with Crippen molar-refractivity contribution in [2.75, 3.05) is 58.4 Å². The first kappa shape index (κ1) is 25.4. The van der Waals surface area contributed by atoms with Gasteiger partial charge in [-0.15, -0.1) is 0 Å². The molecule has 2 aliphatic heterocycles. The molecule has 0 aliphatic carbocycles. The largest absolute Gasteiger partial charge is 0.493 e. The van der Waals surface area contributed by atoms with E-state index in [-0.39, 0.29) is 11.0 Å². The smallest absolute Gasteiger partial charge is 0.320 e. The van der Waals surface area contributed by atoms with Gasteiger partial charge in [-0.05, 0) is 50.2 Å². The second-order valence-corrected chi connectivity index (χ2v) is 9.52. The molecule has 1 N–H and O–H groups in total. The number of methoxy groups -OCH3 is 1. The number of nitrogens with zero attached hydrogens (tertiary/aromatic N) is 4. The molecule has 0 amide bonds. The van der Waals surface area contributed by atoms with Crippen LogP contribution in [-0.4, -0.2) is 84.8 Å². The molecule has 3 aromatic rings. The minimum Gasteiger partial charge on any atom is -0.493 e. The standard InChI is InChI=1S/C26H29ClFN5O4/c1-35-23-14-22-19(26(30-16-29-22)31-17-2-3-21(28)20(27)12-17)13-24(23)36-10-8-32-6-4-18(5-7-32)33-9-11-37-25(34)15-33/h2-3,12-14,16,18H,4-11,15H2,1H3,(H,29,30,31). The number of anilines is 2. The van der Waals surface area contributed by atoms with Gasteiger partial charge in [0.15, 0.2) is 11.5 Å². The van der Waals surface area contributed by atoms with Gasteiger partial charge < -0.3 is 19.5 Å². The Balaban J connectivity index is 1.22. The number of carbonyl (C=O) groups excluding carboxylic acids is 1. The molecule has 2 aromatic carbocycles. The van der Waals surface area contributed by atoms with E-state index in [0.717, 1.165) is 44.4 Å². The number of ether oxygens (including phenoxy) is 3. The lowest BCUT2D eigenvalue weighted by Crippen LogP contribution is -2.50. The molecule has 2 saturated heterocycles. The molecule has 196 valence electrons. The Morgan fingerprint density at radius 2 is 2.00 bits per heavy atom. The highest BCUT2D eigenvalue weighted by atomic mass is 35.5. The number of cyclic esters (lactones) is 1. The molecular weight excluding hydrogens is 501 g/mol. The fourth-order valence-electron chi connectivity index (χ4n) is 4.82. The summed E-state index contributed by atoms with van der Waals surface area (Å²) in [6.07, 6.45) is 3.49. The Morgan fingerprint density at radius 3 is 2.76 bits per heavy atom. The number of hydrogen-bond donors (Lipinski definition) is 1. The maximum absolute atomic E-state index is 13.6. The summed E-state index contributed by atoms with van der Waals surface area (Å²) in [5.41, 5.74) is 1.29. The van der Waals surface area contributed by atoms with Crippen molar-refractivity contribution in [2.45, 2.75) is 18.9 Å². The molecule has 3 heterocycles. The number of fused-ring (bicyclic) bond motifs is 1. The number of aromatic nitrogens is 2. The molecule has 0 bridgehead atoms. The molecule has 0 unspecified atom stereocenters. The van der Waals surface area contributed by atoms with E-state index in [1.807, 2.05) is 12.1 Å². The lowest BCUT2D eigenvalue weighted by atomic mass is 10.0. The first-order valence-electron chi connectivity index (χ1n) is 12.3. The summed E-state index contributed by atoms with van der Waals surface area (Å²) in [5.74, 6) is 1.10. The Bertz CT molecular complexity index is 1270. The van der Waals surface area contributed by atoms with Crippen LogP contribution in [0.1, 0.15) is 12.8 Å². The van der Waals surface area contributed by atoms with Gasteiger partial charge in [0.1, 0.15) is 31.2 Å². The molecule has 37 heavy (non-hydrogen) atoms. The van der Waals surface area contributed by atoms with E-state index < -0.39 is 5.82 Å². The lowest BCUT2D eigenvalue weighted by molar-refractivity contribution is -0.152. The number of halogens is 2. The number of rotatable bonds is 8. The number of hydrogen-bond acceptors (Lipinski definition) is 9. The van der Waals surface area contributed by atoms with E-state index >= 15 is 0 Å². The Labute approximate surface area is 219 Å². The van der Waals surface area contributed by atoms with Crippen molar-refractivity contribution in [3.63, 3.8) is 0 Å². The predicted octanol–water partition coefficient (Wildman–Crippen LogP) is 3.88. The predicted molar refractivity (Wildman–Crippen MR) is 138 cm³/mol. The molecule has 0 radical (unpaired) electrons. The van der Waals surface area contributed by atoms with Crippen LogP contribution < -0.4 is 14.8 Å². The summed E-state index contributed by atoms with van der Waals surface area (Å²) in [4.78, 5) is 24.9. The summed E-state index contributed by atoms with van der Waals surface area (Å²) < 4.78 is 30.3. The van der Waals surface area contributed by atoms with E-state index in [1.165, 1.54) is 18.5 Å². The highest BCUT2D eigenvalue weighted by molar-refractivity contribution is 6.31. The molecular formula is C26H29ClFN5O4. The molecule has 2 aliphatic rings.